The third-order valence-corrected chi connectivity index (χ3v) is 2.98. The van der Waals surface area contributed by atoms with Crippen LogP contribution in [0.2, 0.25) is 0 Å². The van der Waals surface area contributed by atoms with Crippen molar-refractivity contribution in [3.8, 4) is 0 Å². The first kappa shape index (κ1) is 9.59. The van der Waals surface area contributed by atoms with E-state index in [1.807, 2.05) is 6.07 Å². The summed E-state index contributed by atoms with van der Waals surface area (Å²) in [7, 11) is 0. The van der Waals surface area contributed by atoms with Gasteiger partial charge in [0.15, 0.2) is 5.82 Å². The van der Waals surface area contributed by atoms with Crippen molar-refractivity contribution in [2.75, 3.05) is 24.7 Å². The molecule has 0 bridgehead atoms. The van der Waals surface area contributed by atoms with Crippen LogP contribution < -0.4 is 4.90 Å². The van der Waals surface area contributed by atoms with Crippen molar-refractivity contribution in [3.63, 3.8) is 0 Å². The van der Waals surface area contributed by atoms with Crippen LogP contribution in [0.5, 0.6) is 0 Å². The standard InChI is InChI=1S/C11H14N4O/c1-8-7-16-5-4-15(8)11-9-2-3-12-6-10(9)13-14-11/h2-3,6,8H,4-5,7H2,1H3,(H,13,14)/t8-/m1/s1. The summed E-state index contributed by atoms with van der Waals surface area (Å²) >= 11 is 0. The zero-order valence-electron chi connectivity index (χ0n) is 9.18. The second-order valence-corrected chi connectivity index (χ2v) is 4.09. The molecule has 0 spiro atoms. The molecule has 0 saturated carbocycles. The Bertz CT molecular complexity index is 495. The van der Waals surface area contributed by atoms with Crippen molar-refractivity contribution in [2.45, 2.75) is 13.0 Å². The maximum atomic E-state index is 5.43. The topological polar surface area (TPSA) is 54.0 Å². The highest BCUT2D eigenvalue weighted by Crippen LogP contribution is 2.25. The van der Waals surface area contributed by atoms with Gasteiger partial charge in [-0.2, -0.15) is 5.10 Å². The van der Waals surface area contributed by atoms with E-state index in [-0.39, 0.29) is 0 Å². The Morgan fingerprint density at radius 1 is 1.56 bits per heavy atom. The van der Waals surface area contributed by atoms with Gasteiger partial charge < -0.3 is 9.64 Å². The van der Waals surface area contributed by atoms with Gasteiger partial charge in [-0.05, 0) is 13.0 Å². The minimum absolute atomic E-state index is 0.369. The number of morpholine rings is 1. The smallest absolute Gasteiger partial charge is 0.158 e. The highest BCUT2D eigenvalue weighted by atomic mass is 16.5. The highest BCUT2D eigenvalue weighted by Gasteiger charge is 2.22. The van der Waals surface area contributed by atoms with Gasteiger partial charge in [0.05, 0.1) is 31.0 Å². The van der Waals surface area contributed by atoms with Crippen LogP contribution >= 0.6 is 0 Å². The van der Waals surface area contributed by atoms with Crippen LogP contribution in [0.3, 0.4) is 0 Å². The summed E-state index contributed by atoms with van der Waals surface area (Å²) < 4.78 is 5.43. The molecule has 0 amide bonds. The molecule has 1 atom stereocenters. The molecule has 5 nitrogen and oxygen atoms in total. The third-order valence-electron chi connectivity index (χ3n) is 2.98. The zero-order chi connectivity index (χ0) is 11.0. The SMILES string of the molecule is C[C@@H]1COCCN1c1n[nH]c2cnccc12. The van der Waals surface area contributed by atoms with Crippen LogP contribution in [-0.2, 0) is 4.74 Å². The molecule has 1 aliphatic heterocycles. The molecule has 1 aliphatic rings. The Labute approximate surface area is 93.4 Å². The zero-order valence-corrected chi connectivity index (χ0v) is 9.18. The lowest BCUT2D eigenvalue weighted by Gasteiger charge is -2.33. The quantitative estimate of drug-likeness (QED) is 0.781. The molecule has 2 aromatic heterocycles. The number of aromatic amines is 1. The molecule has 5 heteroatoms. The van der Waals surface area contributed by atoms with Gasteiger partial charge in [0.2, 0.25) is 0 Å². The lowest BCUT2D eigenvalue weighted by atomic mass is 10.2. The van der Waals surface area contributed by atoms with Gasteiger partial charge in [0.1, 0.15) is 0 Å². The van der Waals surface area contributed by atoms with Crippen molar-refractivity contribution in [1.29, 1.82) is 0 Å². The molecule has 0 unspecified atom stereocenters. The number of hydrogen-bond acceptors (Lipinski definition) is 4. The van der Waals surface area contributed by atoms with Crippen molar-refractivity contribution in [1.82, 2.24) is 15.2 Å². The number of ether oxygens (including phenoxy) is 1. The summed E-state index contributed by atoms with van der Waals surface area (Å²) in [5.41, 5.74) is 0.983. The second kappa shape index (κ2) is 3.75. The molecule has 1 fully saturated rings. The summed E-state index contributed by atoms with van der Waals surface area (Å²) in [4.78, 5) is 6.36. The molecular formula is C11H14N4O. The number of aromatic nitrogens is 3. The molecule has 0 aromatic carbocycles. The van der Waals surface area contributed by atoms with Crippen LogP contribution in [0, 0.1) is 0 Å². The van der Waals surface area contributed by atoms with E-state index in [0.29, 0.717) is 6.04 Å². The number of pyridine rings is 1. The fraction of sp³-hybridized carbons (Fsp3) is 0.455. The molecule has 1 N–H and O–H groups in total. The largest absolute Gasteiger partial charge is 0.377 e. The number of hydrogen-bond donors (Lipinski definition) is 1. The normalized spacial score (nSPS) is 21.6. The lowest BCUT2D eigenvalue weighted by Crippen LogP contribution is -2.44. The minimum atomic E-state index is 0.369. The Balaban J connectivity index is 2.04. The van der Waals surface area contributed by atoms with Crippen molar-refractivity contribution < 1.29 is 4.74 Å². The number of anilines is 1. The van der Waals surface area contributed by atoms with E-state index < -0.39 is 0 Å². The predicted octanol–water partition coefficient (Wildman–Crippen LogP) is 1.18. The number of nitrogens with one attached hydrogen (secondary N) is 1. The fourth-order valence-corrected chi connectivity index (χ4v) is 2.11. The number of rotatable bonds is 1. The van der Waals surface area contributed by atoms with Crippen LogP contribution in [0.1, 0.15) is 6.92 Å². The highest BCUT2D eigenvalue weighted by molar-refractivity contribution is 5.89. The van der Waals surface area contributed by atoms with Gasteiger partial charge >= 0.3 is 0 Å². The minimum Gasteiger partial charge on any atom is -0.377 e. The molecule has 16 heavy (non-hydrogen) atoms. The van der Waals surface area contributed by atoms with E-state index in [1.54, 1.807) is 12.4 Å². The van der Waals surface area contributed by atoms with E-state index in [0.717, 1.165) is 36.5 Å². The van der Waals surface area contributed by atoms with Crippen LogP contribution in [0.4, 0.5) is 5.82 Å². The summed E-state index contributed by atoms with van der Waals surface area (Å²) in [5.74, 6) is 1.01. The molecule has 0 radical (unpaired) electrons. The molecule has 0 aliphatic carbocycles. The van der Waals surface area contributed by atoms with E-state index in [9.17, 15) is 0 Å². The van der Waals surface area contributed by atoms with E-state index >= 15 is 0 Å². The molecule has 1 saturated heterocycles. The van der Waals surface area contributed by atoms with Crippen molar-refractivity contribution in [2.24, 2.45) is 0 Å². The summed E-state index contributed by atoms with van der Waals surface area (Å²) in [5, 5.41) is 8.51. The monoisotopic (exact) mass is 218 g/mol. The average Bonchev–Trinajstić information content (AvgIpc) is 2.74. The molecule has 3 heterocycles. The van der Waals surface area contributed by atoms with E-state index in [2.05, 4.69) is 27.0 Å². The lowest BCUT2D eigenvalue weighted by molar-refractivity contribution is 0.0986. The van der Waals surface area contributed by atoms with E-state index in [4.69, 9.17) is 4.74 Å². The number of nitrogens with zero attached hydrogens (tertiary/aromatic N) is 3. The Hall–Kier alpha value is -1.62. The van der Waals surface area contributed by atoms with Gasteiger partial charge in [-0.15, -0.1) is 0 Å². The molecule has 84 valence electrons. The van der Waals surface area contributed by atoms with E-state index in [1.165, 1.54) is 0 Å². The second-order valence-electron chi connectivity index (χ2n) is 4.09. The average molecular weight is 218 g/mol. The maximum Gasteiger partial charge on any atom is 0.158 e. The van der Waals surface area contributed by atoms with Crippen LogP contribution in [0.15, 0.2) is 18.5 Å². The molecule has 3 rings (SSSR count). The number of fused-ring (bicyclic) bond motifs is 1. The fourth-order valence-electron chi connectivity index (χ4n) is 2.11. The summed E-state index contributed by atoms with van der Waals surface area (Å²) in [6, 6.07) is 2.37. The molecular weight excluding hydrogens is 204 g/mol. The predicted molar refractivity (Wildman–Crippen MR) is 61.5 cm³/mol. The summed E-state index contributed by atoms with van der Waals surface area (Å²) in [6.07, 6.45) is 3.60. The Morgan fingerprint density at radius 3 is 3.38 bits per heavy atom. The Kier molecular flexibility index (Phi) is 2.25. The molecule has 2 aromatic rings. The van der Waals surface area contributed by atoms with Gasteiger partial charge in [-0.3, -0.25) is 10.1 Å². The van der Waals surface area contributed by atoms with Crippen molar-refractivity contribution >= 4 is 16.7 Å². The van der Waals surface area contributed by atoms with Gasteiger partial charge in [0.25, 0.3) is 0 Å². The first-order chi connectivity index (χ1) is 7.86. The van der Waals surface area contributed by atoms with Gasteiger partial charge in [-0.1, -0.05) is 0 Å². The third kappa shape index (κ3) is 1.44. The van der Waals surface area contributed by atoms with Crippen molar-refractivity contribution in [3.05, 3.63) is 18.5 Å². The van der Waals surface area contributed by atoms with Crippen LogP contribution in [-0.4, -0.2) is 41.0 Å². The first-order valence-electron chi connectivity index (χ1n) is 5.49. The summed E-state index contributed by atoms with van der Waals surface area (Å²) in [6.45, 7) is 4.58. The van der Waals surface area contributed by atoms with Gasteiger partial charge in [-0.25, -0.2) is 0 Å². The maximum absolute atomic E-state index is 5.43. The number of H-pyrrole nitrogens is 1. The van der Waals surface area contributed by atoms with Gasteiger partial charge in [0, 0.05) is 18.1 Å². The van der Waals surface area contributed by atoms with Crippen LogP contribution in [0.25, 0.3) is 10.9 Å². The Morgan fingerprint density at radius 2 is 2.50 bits per heavy atom. The first-order valence-corrected chi connectivity index (χ1v) is 5.49.